The van der Waals surface area contributed by atoms with Gasteiger partial charge in [-0.05, 0) is 62.9 Å². The summed E-state index contributed by atoms with van der Waals surface area (Å²) >= 11 is 0. The van der Waals surface area contributed by atoms with Crippen LogP contribution in [0.4, 0.5) is 5.69 Å². The molecule has 0 bridgehead atoms. The maximum absolute atomic E-state index is 13.6. The van der Waals surface area contributed by atoms with Gasteiger partial charge < -0.3 is 9.80 Å². The van der Waals surface area contributed by atoms with E-state index in [1.165, 1.54) is 21.1 Å². The van der Waals surface area contributed by atoms with Gasteiger partial charge in [0.15, 0.2) is 0 Å². The second kappa shape index (κ2) is 10.5. The Morgan fingerprint density at radius 2 is 1.56 bits per heavy atom. The van der Waals surface area contributed by atoms with E-state index in [0.717, 1.165) is 50.8 Å². The summed E-state index contributed by atoms with van der Waals surface area (Å²) in [6.45, 7) is 8.84. The Labute approximate surface area is 204 Å². The molecule has 2 fully saturated rings. The Hall–Kier alpha value is -2.38. The number of rotatable bonds is 6. The van der Waals surface area contributed by atoms with Gasteiger partial charge in [-0.3, -0.25) is 4.79 Å². The quantitative estimate of drug-likeness (QED) is 0.615. The summed E-state index contributed by atoms with van der Waals surface area (Å²) in [5.41, 5.74) is 4.77. The number of hydrogen-bond donors (Lipinski definition) is 0. The Morgan fingerprint density at radius 1 is 0.912 bits per heavy atom. The molecule has 0 radical (unpaired) electrons. The monoisotopic (exact) mass is 483 g/mol. The molecule has 1 amide bonds. The van der Waals surface area contributed by atoms with E-state index in [4.69, 9.17) is 0 Å². The van der Waals surface area contributed by atoms with Gasteiger partial charge in [0, 0.05) is 37.9 Å². The highest BCUT2D eigenvalue weighted by atomic mass is 32.2. The number of amides is 1. The lowest BCUT2D eigenvalue weighted by Gasteiger charge is -2.39. The minimum absolute atomic E-state index is 0.0790. The van der Waals surface area contributed by atoms with E-state index in [-0.39, 0.29) is 23.4 Å². The van der Waals surface area contributed by atoms with Crippen molar-refractivity contribution < 1.29 is 13.2 Å². The lowest BCUT2D eigenvalue weighted by Crippen LogP contribution is -2.53. The van der Waals surface area contributed by atoms with Gasteiger partial charge in [0.2, 0.25) is 15.9 Å². The molecule has 184 valence electrons. The van der Waals surface area contributed by atoms with Gasteiger partial charge in [0.1, 0.15) is 0 Å². The van der Waals surface area contributed by atoms with Crippen LogP contribution in [-0.4, -0.2) is 62.3 Å². The fourth-order valence-corrected chi connectivity index (χ4v) is 6.77. The molecule has 0 atom stereocenters. The maximum atomic E-state index is 13.6. The van der Waals surface area contributed by atoms with Crippen molar-refractivity contribution in [3.63, 3.8) is 0 Å². The fourth-order valence-electron chi connectivity index (χ4n) is 5.13. The Morgan fingerprint density at radius 3 is 2.21 bits per heavy atom. The molecule has 1 aliphatic carbocycles. The summed E-state index contributed by atoms with van der Waals surface area (Å²) in [5.74, 6) is -0.0955. The summed E-state index contributed by atoms with van der Waals surface area (Å²) in [6.07, 6.45) is 4.78. The summed E-state index contributed by atoms with van der Waals surface area (Å²) < 4.78 is 28.7. The number of carbonyl (C=O) groups is 1. The number of sulfonamides is 1. The second-order valence-corrected chi connectivity index (χ2v) is 11.6. The third kappa shape index (κ3) is 5.31. The number of aryl methyl sites for hydroxylation is 2. The minimum atomic E-state index is -3.74. The van der Waals surface area contributed by atoms with Gasteiger partial charge in [-0.2, -0.15) is 4.31 Å². The third-order valence-electron chi connectivity index (χ3n) is 7.45. The van der Waals surface area contributed by atoms with Crippen LogP contribution in [0.3, 0.4) is 0 Å². The maximum Gasteiger partial charge on any atom is 0.243 e. The van der Waals surface area contributed by atoms with Crippen LogP contribution in [0.1, 0.15) is 48.8 Å². The molecule has 6 nitrogen and oxygen atoms in total. The Kier molecular flexibility index (Phi) is 7.63. The molecule has 1 aliphatic heterocycles. The van der Waals surface area contributed by atoms with Crippen LogP contribution in [-0.2, 0) is 14.8 Å². The first kappa shape index (κ1) is 24.7. The number of hydrogen-bond acceptors (Lipinski definition) is 4. The number of anilines is 1. The van der Waals surface area contributed by atoms with Crippen LogP contribution in [0.2, 0.25) is 0 Å². The molecule has 4 rings (SSSR count). The van der Waals surface area contributed by atoms with Crippen LogP contribution in [0.5, 0.6) is 0 Å². The molecule has 1 saturated carbocycles. The van der Waals surface area contributed by atoms with Gasteiger partial charge in [-0.1, -0.05) is 49.1 Å². The SMILES string of the molecule is Cc1ccc(S(=O)(=O)N(CC(=O)N2CCN(c3cccc(C)c3C)CC2)C2CCCCC2)cc1. The molecule has 2 aromatic carbocycles. The van der Waals surface area contributed by atoms with E-state index in [1.54, 1.807) is 12.1 Å². The van der Waals surface area contributed by atoms with Gasteiger partial charge in [-0.25, -0.2) is 8.42 Å². The van der Waals surface area contributed by atoms with Crippen molar-refractivity contribution in [2.75, 3.05) is 37.6 Å². The fraction of sp³-hybridized carbons (Fsp3) is 0.519. The predicted octanol–water partition coefficient (Wildman–Crippen LogP) is 4.28. The topological polar surface area (TPSA) is 60.9 Å². The highest BCUT2D eigenvalue weighted by Gasteiger charge is 2.35. The van der Waals surface area contributed by atoms with E-state index in [9.17, 15) is 13.2 Å². The van der Waals surface area contributed by atoms with Crippen molar-refractivity contribution in [1.82, 2.24) is 9.21 Å². The van der Waals surface area contributed by atoms with E-state index >= 15 is 0 Å². The first-order chi connectivity index (χ1) is 16.3. The summed E-state index contributed by atoms with van der Waals surface area (Å²) in [5, 5.41) is 0. The molecule has 2 aromatic rings. The van der Waals surface area contributed by atoms with Gasteiger partial charge >= 0.3 is 0 Å². The van der Waals surface area contributed by atoms with Crippen molar-refractivity contribution in [2.24, 2.45) is 0 Å². The molecule has 0 spiro atoms. The highest BCUT2D eigenvalue weighted by molar-refractivity contribution is 7.89. The first-order valence-corrected chi connectivity index (χ1v) is 13.9. The number of carbonyl (C=O) groups excluding carboxylic acids is 1. The van der Waals surface area contributed by atoms with Crippen LogP contribution in [0.25, 0.3) is 0 Å². The lowest BCUT2D eigenvalue weighted by molar-refractivity contribution is -0.132. The van der Waals surface area contributed by atoms with Crippen LogP contribution in [0.15, 0.2) is 47.4 Å². The molecule has 0 unspecified atom stereocenters. The molecular weight excluding hydrogens is 446 g/mol. The first-order valence-electron chi connectivity index (χ1n) is 12.4. The molecular formula is C27H37N3O3S. The molecule has 1 heterocycles. The molecule has 0 N–H and O–H groups in total. The molecule has 34 heavy (non-hydrogen) atoms. The molecule has 7 heteroatoms. The normalized spacial score (nSPS) is 17.9. The number of benzene rings is 2. The van der Waals surface area contributed by atoms with Crippen LogP contribution < -0.4 is 4.90 Å². The Balaban J connectivity index is 1.48. The smallest absolute Gasteiger partial charge is 0.243 e. The zero-order valence-electron chi connectivity index (χ0n) is 20.7. The van der Waals surface area contributed by atoms with Gasteiger partial charge in [-0.15, -0.1) is 0 Å². The second-order valence-electron chi connectivity index (χ2n) is 9.74. The van der Waals surface area contributed by atoms with E-state index in [0.29, 0.717) is 13.1 Å². The van der Waals surface area contributed by atoms with Crippen molar-refractivity contribution in [3.05, 3.63) is 59.2 Å². The van der Waals surface area contributed by atoms with Crippen molar-refractivity contribution in [1.29, 1.82) is 0 Å². The van der Waals surface area contributed by atoms with Crippen molar-refractivity contribution >= 4 is 21.6 Å². The molecule has 1 saturated heterocycles. The lowest BCUT2D eigenvalue weighted by atomic mass is 9.95. The van der Waals surface area contributed by atoms with Crippen LogP contribution >= 0.6 is 0 Å². The summed E-state index contributed by atoms with van der Waals surface area (Å²) in [4.78, 5) is 17.8. The predicted molar refractivity (Wildman–Crippen MR) is 137 cm³/mol. The van der Waals surface area contributed by atoms with Crippen molar-refractivity contribution in [3.8, 4) is 0 Å². The summed E-state index contributed by atoms with van der Waals surface area (Å²) in [7, 11) is -3.74. The zero-order chi connectivity index (χ0) is 24.3. The standard InChI is InChI=1S/C27H37N3O3S/c1-21-12-14-25(15-13-21)34(32,33)30(24-9-5-4-6-10-24)20-27(31)29-18-16-28(17-19-29)26-11-7-8-22(2)23(26)3/h7-8,11-15,24H,4-6,9-10,16-20H2,1-3H3. The van der Waals surface area contributed by atoms with E-state index in [2.05, 4.69) is 36.9 Å². The zero-order valence-corrected chi connectivity index (χ0v) is 21.5. The average Bonchev–Trinajstić information content (AvgIpc) is 2.85. The average molecular weight is 484 g/mol. The molecule has 2 aliphatic rings. The van der Waals surface area contributed by atoms with Crippen molar-refractivity contribution in [2.45, 2.75) is 63.8 Å². The Bertz CT molecular complexity index is 1100. The third-order valence-corrected chi connectivity index (χ3v) is 9.36. The van der Waals surface area contributed by atoms with Gasteiger partial charge in [0.25, 0.3) is 0 Å². The summed E-state index contributed by atoms with van der Waals surface area (Å²) in [6, 6.07) is 13.2. The van der Waals surface area contributed by atoms with Crippen LogP contribution in [0, 0.1) is 20.8 Å². The van der Waals surface area contributed by atoms with E-state index < -0.39 is 10.0 Å². The molecule has 0 aromatic heterocycles. The number of piperazine rings is 1. The number of nitrogens with zero attached hydrogens (tertiary/aromatic N) is 3. The van der Waals surface area contributed by atoms with E-state index in [1.807, 2.05) is 24.0 Å². The minimum Gasteiger partial charge on any atom is -0.368 e. The van der Waals surface area contributed by atoms with Gasteiger partial charge in [0.05, 0.1) is 11.4 Å². The highest BCUT2D eigenvalue weighted by Crippen LogP contribution is 2.29. The largest absolute Gasteiger partial charge is 0.368 e.